The molecule has 2 aromatic rings. The van der Waals surface area contributed by atoms with Gasteiger partial charge in [-0.25, -0.2) is 15.0 Å². The Hall–Kier alpha value is -1.65. The minimum absolute atomic E-state index is 0.529. The lowest BCUT2D eigenvalue weighted by Crippen LogP contribution is -2.30. The summed E-state index contributed by atoms with van der Waals surface area (Å²) in [7, 11) is 0. The van der Waals surface area contributed by atoms with Gasteiger partial charge in [0, 0.05) is 12.6 Å². The lowest BCUT2D eigenvalue weighted by atomic mass is 10.1. The van der Waals surface area contributed by atoms with Crippen molar-refractivity contribution in [3.63, 3.8) is 0 Å². The highest BCUT2D eigenvalue weighted by molar-refractivity contribution is 5.82. The van der Waals surface area contributed by atoms with Crippen LogP contribution in [0.5, 0.6) is 0 Å². The Labute approximate surface area is 93.9 Å². The van der Waals surface area contributed by atoms with Crippen LogP contribution in [-0.4, -0.2) is 32.5 Å². The first-order chi connectivity index (χ1) is 7.77. The van der Waals surface area contributed by atoms with Crippen LogP contribution in [0, 0.1) is 5.92 Å². The van der Waals surface area contributed by atoms with Crippen LogP contribution in [0.4, 0.5) is 5.82 Å². The summed E-state index contributed by atoms with van der Waals surface area (Å²) in [5, 5.41) is 0. The van der Waals surface area contributed by atoms with Gasteiger partial charge in [0.1, 0.15) is 11.8 Å². The van der Waals surface area contributed by atoms with E-state index < -0.39 is 0 Å². The Kier molecular flexibility index (Phi) is 2.05. The molecule has 3 rings (SSSR count). The zero-order valence-electron chi connectivity index (χ0n) is 9.51. The minimum Gasteiger partial charge on any atom is -0.352 e. The number of H-pyrrole nitrogens is 1. The zero-order valence-corrected chi connectivity index (χ0v) is 9.51. The fourth-order valence-electron chi connectivity index (χ4n) is 2.36. The molecule has 1 N–H and O–H groups in total. The van der Waals surface area contributed by atoms with E-state index >= 15 is 0 Å². The van der Waals surface area contributed by atoms with Crippen LogP contribution in [0.15, 0.2) is 12.7 Å². The van der Waals surface area contributed by atoms with Gasteiger partial charge in [-0.15, -0.1) is 0 Å². The molecule has 5 nitrogen and oxygen atoms in total. The molecule has 1 fully saturated rings. The number of aromatic nitrogens is 4. The molecule has 0 bridgehead atoms. The van der Waals surface area contributed by atoms with Gasteiger partial charge in [-0.2, -0.15) is 0 Å². The van der Waals surface area contributed by atoms with Crippen molar-refractivity contribution in [3.8, 4) is 0 Å². The normalized spacial score (nSPS) is 25.5. The number of nitrogens with one attached hydrogen (secondary N) is 1. The number of imidazole rings is 1. The van der Waals surface area contributed by atoms with E-state index in [0.717, 1.165) is 23.5 Å². The van der Waals surface area contributed by atoms with E-state index in [1.165, 1.54) is 6.42 Å². The van der Waals surface area contributed by atoms with Gasteiger partial charge in [0.15, 0.2) is 11.5 Å². The van der Waals surface area contributed by atoms with E-state index in [9.17, 15) is 0 Å². The van der Waals surface area contributed by atoms with Gasteiger partial charge < -0.3 is 9.88 Å². The molecule has 3 heterocycles. The molecule has 1 aliphatic rings. The highest BCUT2D eigenvalue weighted by Gasteiger charge is 2.29. The minimum atomic E-state index is 0.529. The summed E-state index contributed by atoms with van der Waals surface area (Å²) >= 11 is 0. The van der Waals surface area contributed by atoms with Crippen molar-refractivity contribution in [1.29, 1.82) is 0 Å². The lowest BCUT2D eigenvalue weighted by Gasteiger charge is -2.24. The number of anilines is 1. The van der Waals surface area contributed by atoms with Crippen molar-refractivity contribution in [2.75, 3.05) is 11.4 Å². The molecule has 2 atom stereocenters. The summed E-state index contributed by atoms with van der Waals surface area (Å²) in [6.45, 7) is 5.60. The highest BCUT2D eigenvalue weighted by atomic mass is 15.2. The Bertz CT molecular complexity index is 506. The monoisotopic (exact) mass is 217 g/mol. The predicted molar refractivity (Wildman–Crippen MR) is 62.3 cm³/mol. The average molecular weight is 217 g/mol. The third-order valence-corrected chi connectivity index (χ3v) is 3.62. The predicted octanol–water partition coefficient (Wildman–Crippen LogP) is 1.59. The van der Waals surface area contributed by atoms with E-state index in [1.54, 1.807) is 12.7 Å². The van der Waals surface area contributed by atoms with Crippen molar-refractivity contribution in [1.82, 2.24) is 19.9 Å². The van der Waals surface area contributed by atoms with E-state index in [4.69, 9.17) is 0 Å². The number of hydrogen-bond acceptors (Lipinski definition) is 4. The molecular weight excluding hydrogens is 202 g/mol. The molecule has 0 saturated carbocycles. The van der Waals surface area contributed by atoms with Crippen LogP contribution in [0.25, 0.3) is 11.2 Å². The summed E-state index contributed by atoms with van der Waals surface area (Å²) in [5.41, 5.74) is 1.69. The molecule has 16 heavy (non-hydrogen) atoms. The topological polar surface area (TPSA) is 57.7 Å². The first-order valence-electron chi connectivity index (χ1n) is 5.68. The van der Waals surface area contributed by atoms with Crippen molar-refractivity contribution in [3.05, 3.63) is 12.7 Å². The second-order valence-electron chi connectivity index (χ2n) is 4.50. The molecule has 1 saturated heterocycles. The maximum Gasteiger partial charge on any atom is 0.182 e. The van der Waals surface area contributed by atoms with E-state index in [1.807, 2.05) is 0 Å². The van der Waals surface area contributed by atoms with Crippen molar-refractivity contribution >= 4 is 17.0 Å². The molecule has 0 aliphatic carbocycles. The quantitative estimate of drug-likeness (QED) is 0.788. The van der Waals surface area contributed by atoms with Crippen LogP contribution in [0.2, 0.25) is 0 Å². The second kappa shape index (κ2) is 3.43. The maximum atomic E-state index is 4.39. The van der Waals surface area contributed by atoms with Crippen LogP contribution >= 0.6 is 0 Å². The van der Waals surface area contributed by atoms with Crippen molar-refractivity contribution in [2.24, 2.45) is 5.92 Å². The number of nitrogens with zero attached hydrogens (tertiary/aromatic N) is 4. The average Bonchev–Trinajstić information content (AvgIpc) is 2.87. The summed E-state index contributed by atoms with van der Waals surface area (Å²) in [5.74, 6) is 1.70. The Morgan fingerprint density at radius 3 is 2.94 bits per heavy atom. The Balaban J connectivity index is 2.09. The van der Waals surface area contributed by atoms with Crippen LogP contribution in [0.3, 0.4) is 0 Å². The van der Waals surface area contributed by atoms with E-state index in [0.29, 0.717) is 12.0 Å². The fraction of sp³-hybridized carbons (Fsp3) is 0.545. The van der Waals surface area contributed by atoms with E-state index in [-0.39, 0.29) is 0 Å². The number of hydrogen-bond donors (Lipinski definition) is 1. The third-order valence-electron chi connectivity index (χ3n) is 3.62. The van der Waals surface area contributed by atoms with Crippen LogP contribution in [0.1, 0.15) is 20.3 Å². The first-order valence-corrected chi connectivity index (χ1v) is 5.68. The van der Waals surface area contributed by atoms with Gasteiger partial charge >= 0.3 is 0 Å². The van der Waals surface area contributed by atoms with Gasteiger partial charge in [0.05, 0.1) is 6.33 Å². The molecule has 84 valence electrons. The molecule has 0 aromatic carbocycles. The van der Waals surface area contributed by atoms with E-state index in [2.05, 4.69) is 38.7 Å². The van der Waals surface area contributed by atoms with Gasteiger partial charge in [-0.1, -0.05) is 6.92 Å². The number of fused-ring (bicyclic) bond motifs is 1. The zero-order chi connectivity index (χ0) is 11.1. The van der Waals surface area contributed by atoms with Gasteiger partial charge in [0.25, 0.3) is 0 Å². The van der Waals surface area contributed by atoms with Crippen molar-refractivity contribution < 1.29 is 0 Å². The second-order valence-corrected chi connectivity index (χ2v) is 4.50. The maximum absolute atomic E-state index is 4.39. The van der Waals surface area contributed by atoms with Gasteiger partial charge in [0.2, 0.25) is 0 Å². The number of rotatable bonds is 1. The lowest BCUT2D eigenvalue weighted by molar-refractivity contribution is 0.545. The molecule has 5 heteroatoms. The Morgan fingerprint density at radius 2 is 2.19 bits per heavy atom. The Morgan fingerprint density at radius 1 is 1.31 bits per heavy atom. The summed E-state index contributed by atoms with van der Waals surface area (Å²) in [6.07, 6.45) is 4.49. The highest BCUT2D eigenvalue weighted by Crippen LogP contribution is 2.30. The third kappa shape index (κ3) is 1.27. The summed E-state index contributed by atoms with van der Waals surface area (Å²) in [6, 6.07) is 0.529. The SMILES string of the molecule is CC1CCN(c2ncnc3nc[nH]c23)C1C. The van der Waals surface area contributed by atoms with Gasteiger partial charge in [-0.3, -0.25) is 0 Å². The standard InChI is InChI=1S/C11H15N5/c1-7-3-4-16(8(7)2)11-9-10(13-5-12-9)14-6-15-11/h5-8H,3-4H2,1-2H3,(H,12,13,14,15). The molecular formula is C11H15N5. The summed E-state index contributed by atoms with van der Waals surface area (Å²) in [4.78, 5) is 18.2. The molecule has 2 aromatic heterocycles. The number of aromatic amines is 1. The summed E-state index contributed by atoms with van der Waals surface area (Å²) < 4.78 is 0. The molecule has 0 radical (unpaired) electrons. The smallest absolute Gasteiger partial charge is 0.182 e. The molecule has 0 amide bonds. The molecule has 0 spiro atoms. The van der Waals surface area contributed by atoms with Crippen LogP contribution in [-0.2, 0) is 0 Å². The largest absolute Gasteiger partial charge is 0.352 e. The molecule has 2 unspecified atom stereocenters. The van der Waals surface area contributed by atoms with Crippen molar-refractivity contribution in [2.45, 2.75) is 26.3 Å². The molecule has 1 aliphatic heterocycles. The first kappa shape index (κ1) is 9.57. The van der Waals surface area contributed by atoms with Crippen LogP contribution < -0.4 is 4.90 Å². The van der Waals surface area contributed by atoms with Gasteiger partial charge in [-0.05, 0) is 19.3 Å². The fourth-order valence-corrected chi connectivity index (χ4v) is 2.36.